The molecule has 0 radical (unpaired) electrons. The summed E-state index contributed by atoms with van der Waals surface area (Å²) in [6, 6.07) is 13.2. The van der Waals surface area contributed by atoms with E-state index in [-0.39, 0.29) is 11.2 Å². The SMILES string of the molecule is COc1ccc(Br)cc1C(=O)c1ccc(C(C)(C)C)cc1. The summed E-state index contributed by atoms with van der Waals surface area (Å²) in [5.74, 6) is 0.553. The van der Waals surface area contributed by atoms with Crippen molar-refractivity contribution in [1.82, 2.24) is 0 Å². The van der Waals surface area contributed by atoms with Gasteiger partial charge in [-0.25, -0.2) is 0 Å². The molecule has 0 aliphatic rings. The average molecular weight is 347 g/mol. The van der Waals surface area contributed by atoms with Crippen molar-refractivity contribution in [3.05, 3.63) is 63.6 Å². The highest BCUT2D eigenvalue weighted by Crippen LogP contribution is 2.27. The Balaban J connectivity index is 2.39. The molecule has 110 valence electrons. The van der Waals surface area contributed by atoms with Crippen LogP contribution in [-0.4, -0.2) is 12.9 Å². The first-order valence-corrected chi connectivity index (χ1v) is 7.61. The van der Waals surface area contributed by atoms with Crippen LogP contribution in [0.25, 0.3) is 0 Å². The highest BCUT2D eigenvalue weighted by Gasteiger charge is 2.17. The molecule has 0 atom stereocenters. The molecule has 0 unspecified atom stereocenters. The highest BCUT2D eigenvalue weighted by atomic mass is 79.9. The van der Waals surface area contributed by atoms with Gasteiger partial charge in [0.15, 0.2) is 5.78 Å². The molecule has 0 amide bonds. The van der Waals surface area contributed by atoms with Crippen LogP contribution in [0.2, 0.25) is 0 Å². The maximum Gasteiger partial charge on any atom is 0.196 e. The lowest BCUT2D eigenvalue weighted by molar-refractivity contribution is 0.103. The average Bonchev–Trinajstić information content (AvgIpc) is 2.45. The van der Waals surface area contributed by atoms with Crippen LogP contribution < -0.4 is 4.74 Å². The van der Waals surface area contributed by atoms with Crippen LogP contribution in [0.4, 0.5) is 0 Å². The molecule has 0 saturated carbocycles. The second-order valence-corrected chi connectivity index (χ2v) is 6.92. The Morgan fingerprint density at radius 2 is 1.67 bits per heavy atom. The van der Waals surface area contributed by atoms with Crippen molar-refractivity contribution in [2.24, 2.45) is 0 Å². The Kier molecular flexibility index (Phi) is 4.52. The van der Waals surface area contributed by atoms with E-state index in [2.05, 4.69) is 36.7 Å². The maximum absolute atomic E-state index is 12.6. The molecule has 0 saturated heterocycles. The van der Waals surface area contributed by atoms with Gasteiger partial charge in [-0.1, -0.05) is 61.0 Å². The van der Waals surface area contributed by atoms with Crippen molar-refractivity contribution in [3.63, 3.8) is 0 Å². The first-order valence-electron chi connectivity index (χ1n) is 6.81. The lowest BCUT2D eigenvalue weighted by Gasteiger charge is -2.19. The zero-order chi connectivity index (χ0) is 15.6. The lowest BCUT2D eigenvalue weighted by atomic mass is 9.86. The molecular formula is C18H19BrO2. The fraction of sp³-hybridized carbons (Fsp3) is 0.278. The molecule has 0 N–H and O–H groups in total. The monoisotopic (exact) mass is 346 g/mol. The van der Waals surface area contributed by atoms with Crippen LogP contribution in [-0.2, 0) is 5.41 Å². The zero-order valence-electron chi connectivity index (χ0n) is 12.7. The van der Waals surface area contributed by atoms with Crippen LogP contribution >= 0.6 is 15.9 Å². The highest BCUT2D eigenvalue weighted by molar-refractivity contribution is 9.10. The van der Waals surface area contributed by atoms with Crippen molar-refractivity contribution in [2.45, 2.75) is 26.2 Å². The number of ether oxygens (including phenoxy) is 1. The number of halogens is 1. The summed E-state index contributed by atoms with van der Waals surface area (Å²) in [5, 5.41) is 0. The molecule has 0 bridgehead atoms. The smallest absolute Gasteiger partial charge is 0.196 e. The molecule has 0 aromatic heterocycles. The third-order valence-electron chi connectivity index (χ3n) is 3.42. The van der Waals surface area contributed by atoms with Crippen LogP contribution in [0.15, 0.2) is 46.9 Å². The standard InChI is InChI=1S/C18H19BrO2/c1-18(2,3)13-7-5-12(6-8-13)17(20)15-11-14(19)9-10-16(15)21-4/h5-11H,1-4H3. The summed E-state index contributed by atoms with van der Waals surface area (Å²) in [7, 11) is 1.57. The quantitative estimate of drug-likeness (QED) is 0.732. The molecule has 2 rings (SSSR count). The van der Waals surface area contributed by atoms with Gasteiger partial charge < -0.3 is 4.74 Å². The molecule has 3 heteroatoms. The van der Waals surface area contributed by atoms with Crippen LogP contribution in [0.5, 0.6) is 5.75 Å². The summed E-state index contributed by atoms with van der Waals surface area (Å²) in [4.78, 5) is 12.6. The third-order valence-corrected chi connectivity index (χ3v) is 3.91. The molecular weight excluding hydrogens is 328 g/mol. The van der Waals surface area contributed by atoms with Crippen LogP contribution in [0.3, 0.4) is 0 Å². The lowest BCUT2D eigenvalue weighted by Crippen LogP contribution is -2.11. The molecule has 0 fully saturated rings. The Morgan fingerprint density at radius 1 is 1.05 bits per heavy atom. The number of methoxy groups -OCH3 is 1. The van der Waals surface area contributed by atoms with Gasteiger partial charge in [0.05, 0.1) is 12.7 Å². The molecule has 21 heavy (non-hydrogen) atoms. The fourth-order valence-electron chi connectivity index (χ4n) is 2.13. The van der Waals surface area contributed by atoms with E-state index in [0.717, 1.165) is 4.47 Å². The summed E-state index contributed by atoms with van der Waals surface area (Å²) in [6.45, 7) is 6.46. The van der Waals surface area contributed by atoms with Gasteiger partial charge in [0, 0.05) is 10.0 Å². The van der Waals surface area contributed by atoms with E-state index < -0.39 is 0 Å². The van der Waals surface area contributed by atoms with Gasteiger partial charge in [-0.3, -0.25) is 4.79 Å². The molecule has 0 aliphatic heterocycles. The van der Waals surface area contributed by atoms with Gasteiger partial charge in [-0.15, -0.1) is 0 Å². The number of carbonyl (C=O) groups is 1. The Morgan fingerprint density at radius 3 is 2.19 bits per heavy atom. The van der Waals surface area contributed by atoms with Crippen LogP contribution in [0.1, 0.15) is 42.3 Å². The minimum absolute atomic E-state index is 0.0337. The summed E-state index contributed by atoms with van der Waals surface area (Å²) in [6.07, 6.45) is 0. The van der Waals surface area contributed by atoms with E-state index in [9.17, 15) is 4.79 Å². The zero-order valence-corrected chi connectivity index (χ0v) is 14.3. The number of ketones is 1. The molecule has 0 heterocycles. The second-order valence-electron chi connectivity index (χ2n) is 6.00. The van der Waals surface area contributed by atoms with Gasteiger partial charge in [0.25, 0.3) is 0 Å². The summed E-state index contributed by atoms with van der Waals surface area (Å²) >= 11 is 3.40. The topological polar surface area (TPSA) is 26.3 Å². The normalized spacial score (nSPS) is 11.3. The van der Waals surface area contributed by atoms with Crippen LogP contribution in [0, 0.1) is 0 Å². The molecule has 0 aliphatic carbocycles. The van der Waals surface area contributed by atoms with Gasteiger partial charge in [0.1, 0.15) is 5.75 Å². The predicted molar refractivity (Wildman–Crippen MR) is 89.3 cm³/mol. The minimum atomic E-state index is -0.0337. The Bertz CT molecular complexity index is 652. The number of hydrogen-bond acceptors (Lipinski definition) is 2. The molecule has 2 nitrogen and oxygen atoms in total. The van der Waals surface area contributed by atoms with Crippen molar-refractivity contribution in [2.75, 3.05) is 7.11 Å². The van der Waals surface area contributed by atoms with Gasteiger partial charge >= 0.3 is 0 Å². The largest absolute Gasteiger partial charge is 0.496 e. The fourth-order valence-corrected chi connectivity index (χ4v) is 2.50. The number of carbonyl (C=O) groups excluding carboxylic acids is 1. The van der Waals surface area contributed by atoms with E-state index in [1.54, 1.807) is 19.2 Å². The third kappa shape index (κ3) is 3.53. The number of rotatable bonds is 3. The molecule has 2 aromatic rings. The van der Waals surface area contributed by atoms with Gasteiger partial charge in [0.2, 0.25) is 0 Å². The first-order chi connectivity index (χ1) is 9.82. The van der Waals surface area contributed by atoms with Crippen molar-refractivity contribution in [3.8, 4) is 5.75 Å². The van der Waals surface area contributed by atoms with Crippen molar-refractivity contribution >= 4 is 21.7 Å². The molecule has 2 aromatic carbocycles. The van der Waals surface area contributed by atoms with E-state index >= 15 is 0 Å². The number of hydrogen-bond donors (Lipinski definition) is 0. The van der Waals surface area contributed by atoms with E-state index in [1.807, 2.05) is 30.3 Å². The Labute approximate surface area is 134 Å². The number of benzene rings is 2. The predicted octanol–water partition coefficient (Wildman–Crippen LogP) is 4.99. The van der Waals surface area contributed by atoms with Gasteiger partial charge in [-0.05, 0) is 29.2 Å². The summed E-state index contributed by atoms with van der Waals surface area (Å²) in [5.41, 5.74) is 2.52. The summed E-state index contributed by atoms with van der Waals surface area (Å²) < 4.78 is 6.14. The Hall–Kier alpha value is -1.61. The van der Waals surface area contributed by atoms with Crippen molar-refractivity contribution < 1.29 is 9.53 Å². The molecule has 0 spiro atoms. The maximum atomic E-state index is 12.6. The van der Waals surface area contributed by atoms with E-state index in [0.29, 0.717) is 16.9 Å². The minimum Gasteiger partial charge on any atom is -0.496 e. The van der Waals surface area contributed by atoms with E-state index in [4.69, 9.17) is 4.74 Å². The van der Waals surface area contributed by atoms with E-state index in [1.165, 1.54) is 5.56 Å². The van der Waals surface area contributed by atoms with Crippen molar-refractivity contribution in [1.29, 1.82) is 0 Å². The first kappa shape index (κ1) is 15.8. The second kappa shape index (κ2) is 6.02. The van der Waals surface area contributed by atoms with Gasteiger partial charge in [-0.2, -0.15) is 0 Å².